The molecule has 3 heteroatoms. The van der Waals surface area contributed by atoms with Crippen molar-refractivity contribution >= 4 is 11.7 Å². The maximum absolute atomic E-state index is 11.1. The van der Waals surface area contributed by atoms with E-state index in [-0.39, 0.29) is 5.56 Å². The Morgan fingerprint density at radius 1 is 1.17 bits per heavy atom. The lowest BCUT2D eigenvalue weighted by Crippen LogP contribution is -2.11. The van der Waals surface area contributed by atoms with Crippen LogP contribution in [-0.2, 0) is 12.8 Å². The van der Waals surface area contributed by atoms with E-state index in [0.29, 0.717) is 17.5 Å². The fourth-order valence-electron chi connectivity index (χ4n) is 2.18. The molecule has 0 saturated heterocycles. The Morgan fingerprint density at radius 2 is 1.72 bits per heavy atom. The van der Waals surface area contributed by atoms with Gasteiger partial charge in [0.15, 0.2) is 0 Å². The molecule has 0 spiro atoms. The lowest BCUT2D eigenvalue weighted by Gasteiger charge is -2.17. The standard InChI is InChI=1S/C15H23NO2/c1-9(2)7-11-5-6-12(15(17)18)14(16)13(11)8-10(3)4/h5-6,9-10H,7-8,16H2,1-4H3,(H,17,18). The van der Waals surface area contributed by atoms with Gasteiger partial charge in [-0.05, 0) is 41.9 Å². The van der Waals surface area contributed by atoms with Crippen LogP contribution < -0.4 is 5.73 Å². The molecule has 0 unspecified atom stereocenters. The minimum Gasteiger partial charge on any atom is -0.478 e. The number of benzene rings is 1. The molecule has 1 rings (SSSR count). The summed E-state index contributed by atoms with van der Waals surface area (Å²) in [7, 11) is 0. The molecule has 0 aromatic heterocycles. The molecule has 0 aliphatic carbocycles. The van der Waals surface area contributed by atoms with Crippen LogP contribution in [0.3, 0.4) is 0 Å². The predicted molar refractivity (Wildman–Crippen MR) is 74.9 cm³/mol. The second kappa shape index (κ2) is 5.89. The van der Waals surface area contributed by atoms with Gasteiger partial charge in [0.1, 0.15) is 0 Å². The maximum atomic E-state index is 11.1. The van der Waals surface area contributed by atoms with Crippen molar-refractivity contribution in [1.29, 1.82) is 0 Å². The second-order valence-corrected chi connectivity index (χ2v) is 5.67. The van der Waals surface area contributed by atoms with E-state index in [2.05, 4.69) is 27.7 Å². The summed E-state index contributed by atoms with van der Waals surface area (Å²) < 4.78 is 0. The number of nitrogen functional groups attached to an aromatic ring is 1. The molecular formula is C15H23NO2. The molecule has 0 amide bonds. The summed E-state index contributed by atoms with van der Waals surface area (Å²) in [5, 5.41) is 9.12. The van der Waals surface area contributed by atoms with Gasteiger partial charge in [-0.1, -0.05) is 33.8 Å². The zero-order valence-corrected chi connectivity index (χ0v) is 11.7. The first-order valence-corrected chi connectivity index (χ1v) is 6.46. The number of nitrogens with two attached hydrogens (primary N) is 1. The average Bonchev–Trinajstić information content (AvgIpc) is 2.21. The summed E-state index contributed by atoms with van der Waals surface area (Å²) in [5.41, 5.74) is 8.88. The molecule has 0 bridgehead atoms. The van der Waals surface area contributed by atoms with Crippen LogP contribution in [0.5, 0.6) is 0 Å². The van der Waals surface area contributed by atoms with Crippen molar-refractivity contribution < 1.29 is 9.90 Å². The van der Waals surface area contributed by atoms with Gasteiger partial charge in [-0.15, -0.1) is 0 Å². The third-order valence-electron chi connectivity index (χ3n) is 2.93. The highest BCUT2D eigenvalue weighted by atomic mass is 16.4. The number of carbonyl (C=O) groups is 1. The number of hydrogen-bond donors (Lipinski definition) is 2. The molecule has 0 fully saturated rings. The molecule has 100 valence electrons. The summed E-state index contributed by atoms with van der Waals surface area (Å²) in [5.74, 6) is 0.0434. The molecule has 0 heterocycles. The first kappa shape index (κ1) is 14.6. The largest absolute Gasteiger partial charge is 0.478 e. The number of aromatic carboxylic acids is 1. The molecule has 3 nitrogen and oxygen atoms in total. The second-order valence-electron chi connectivity index (χ2n) is 5.67. The first-order valence-electron chi connectivity index (χ1n) is 6.46. The van der Waals surface area contributed by atoms with Crippen molar-refractivity contribution in [3.63, 3.8) is 0 Å². The summed E-state index contributed by atoms with van der Waals surface area (Å²) in [4.78, 5) is 11.1. The van der Waals surface area contributed by atoms with Crippen LogP contribution >= 0.6 is 0 Å². The summed E-state index contributed by atoms with van der Waals surface area (Å²) >= 11 is 0. The van der Waals surface area contributed by atoms with Gasteiger partial charge in [-0.25, -0.2) is 4.79 Å². The van der Waals surface area contributed by atoms with Crippen LogP contribution in [0.25, 0.3) is 0 Å². The Balaban J connectivity index is 3.26. The Labute approximate surface area is 109 Å². The van der Waals surface area contributed by atoms with Gasteiger partial charge < -0.3 is 10.8 Å². The van der Waals surface area contributed by atoms with Crippen LogP contribution in [0, 0.1) is 11.8 Å². The van der Waals surface area contributed by atoms with Gasteiger partial charge in [-0.2, -0.15) is 0 Å². The monoisotopic (exact) mass is 249 g/mol. The first-order chi connectivity index (χ1) is 8.32. The molecule has 1 aromatic carbocycles. The number of anilines is 1. The molecule has 1 aromatic rings. The predicted octanol–water partition coefficient (Wildman–Crippen LogP) is 3.36. The van der Waals surface area contributed by atoms with E-state index in [4.69, 9.17) is 10.8 Å². The van der Waals surface area contributed by atoms with Gasteiger partial charge in [0.05, 0.1) is 5.56 Å². The molecule has 0 saturated carbocycles. The zero-order chi connectivity index (χ0) is 13.9. The van der Waals surface area contributed by atoms with E-state index < -0.39 is 5.97 Å². The van der Waals surface area contributed by atoms with Crippen LogP contribution in [0.2, 0.25) is 0 Å². The zero-order valence-electron chi connectivity index (χ0n) is 11.7. The molecule has 0 radical (unpaired) electrons. The van der Waals surface area contributed by atoms with Crippen LogP contribution in [0.4, 0.5) is 5.69 Å². The molecule has 0 aliphatic rings. The van der Waals surface area contributed by atoms with Crippen molar-refractivity contribution in [3.05, 3.63) is 28.8 Å². The topological polar surface area (TPSA) is 63.3 Å². The van der Waals surface area contributed by atoms with Crippen molar-refractivity contribution in [2.24, 2.45) is 11.8 Å². The number of hydrogen-bond acceptors (Lipinski definition) is 2. The fourth-order valence-corrected chi connectivity index (χ4v) is 2.18. The van der Waals surface area contributed by atoms with E-state index in [1.807, 2.05) is 6.07 Å². The van der Waals surface area contributed by atoms with Crippen LogP contribution in [0.15, 0.2) is 12.1 Å². The summed E-state index contributed by atoms with van der Waals surface area (Å²) in [6.45, 7) is 8.54. The van der Waals surface area contributed by atoms with Gasteiger partial charge in [0.25, 0.3) is 0 Å². The summed E-state index contributed by atoms with van der Waals surface area (Å²) in [6.07, 6.45) is 1.77. The van der Waals surface area contributed by atoms with Crippen LogP contribution in [0.1, 0.15) is 49.2 Å². The van der Waals surface area contributed by atoms with Gasteiger partial charge in [0.2, 0.25) is 0 Å². The fraction of sp³-hybridized carbons (Fsp3) is 0.533. The molecule has 18 heavy (non-hydrogen) atoms. The smallest absolute Gasteiger partial charge is 0.337 e. The Morgan fingerprint density at radius 3 is 2.17 bits per heavy atom. The Hall–Kier alpha value is -1.51. The van der Waals surface area contributed by atoms with Crippen molar-refractivity contribution in [2.45, 2.75) is 40.5 Å². The van der Waals surface area contributed by atoms with E-state index in [0.717, 1.165) is 18.4 Å². The van der Waals surface area contributed by atoms with Gasteiger partial charge in [0, 0.05) is 5.69 Å². The highest BCUT2D eigenvalue weighted by Crippen LogP contribution is 2.26. The number of carboxylic acids is 1. The van der Waals surface area contributed by atoms with E-state index in [1.54, 1.807) is 6.07 Å². The Kier molecular flexibility index (Phi) is 4.76. The third kappa shape index (κ3) is 3.49. The van der Waals surface area contributed by atoms with Crippen LogP contribution in [-0.4, -0.2) is 11.1 Å². The number of carboxylic acid groups (broad SMARTS) is 1. The summed E-state index contributed by atoms with van der Waals surface area (Å²) in [6, 6.07) is 3.54. The lowest BCUT2D eigenvalue weighted by atomic mass is 9.90. The normalized spacial score (nSPS) is 11.2. The van der Waals surface area contributed by atoms with Gasteiger partial charge >= 0.3 is 5.97 Å². The number of rotatable bonds is 5. The maximum Gasteiger partial charge on any atom is 0.337 e. The van der Waals surface area contributed by atoms with Crippen molar-refractivity contribution in [1.82, 2.24) is 0 Å². The minimum absolute atomic E-state index is 0.221. The van der Waals surface area contributed by atoms with Crippen molar-refractivity contribution in [2.75, 3.05) is 5.73 Å². The SMILES string of the molecule is CC(C)Cc1ccc(C(=O)O)c(N)c1CC(C)C. The Bertz CT molecular complexity index is 436. The average molecular weight is 249 g/mol. The highest BCUT2D eigenvalue weighted by Gasteiger charge is 2.16. The molecule has 0 atom stereocenters. The van der Waals surface area contributed by atoms with E-state index in [9.17, 15) is 4.79 Å². The van der Waals surface area contributed by atoms with E-state index in [1.165, 1.54) is 5.56 Å². The molecule has 0 aliphatic heterocycles. The lowest BCUT2D eigenvalue weighted by molar-refractivity contribution is 0.0698. The minimum atomic E-state index is -0.950. The van der Waals surface area contributed by atoms with E-state index >= 15 is 0 Å². The van der Waals surface area contributed by atoms with Crippen molar-refractivity contribution in [3.8, 4) is 0 Å². The quantitative estimate of drug-likeness (QED) is 0.786. The highest BCUT2D eigenvalue weighted by molar-refractivity contribution is 5.94. The molecular weight excluding hydrogens is 226 g/mol. The third-order valence-corrected chi connectivity index (χ3v) is 2.93. The molecule has 3 N–H and O–H groups in total. The van der Waals surface area contributed by atoms with Gasteiger partial charge in [-0.3, -0.25) is 0 Å².